The van der Waals surface area contributed by atoms with Crippen LogP contribution in [-0.4, -0.2) is 23.8 Å². The molecule has 0 amide bonds. The zero-order chi connectivity index (χ0) is 24.0. The topological polar surface area (TPSA) is 40.5 Å². The molecule has 0 saturated heterocycles. The number of fused-ring (bicyclic) bond motifs is 2. The molecule has 4 heteroatoms. The highest BCUT2D eigenvalue weighted by atomic mass is 16.5. The van der Waals surface area contributed by atoms with Gasteiger partial charge in [0.1, 0.15) is 11.4 Å². The third kappa shape index (κ3) is 4.78. The van der Waals surface area contributed by atoms with Gasteiger partial charge in [-0.15, -0.1) is 0 Å². The minimum atomic E-state index is -0.274. The summed E-state index contributed by atoms with van der Waals surface area (Å²) >= 11 is 0. The average molecular weight is 464 g/mol. The van der Waals surface area contributed by atoms with E-state index < -0.39 is 0 Å². The van der Waals surface area contributed by atoms with Crippen molar-refractivity contribution in [1.82, 2.24) is 4.57 Å². The van der Waals surface area contributed by atoms with E-state index in [0.717, 1.165) is 46.0 Å². The fourth-order valence-corrected chi connectivity index (χ4v) is 4.74. The van der Waals surface area contributed by atoms with Crippen LogP contribution in [0.15, 0.2) is 97.1 Å². The number of para-hydroxylation sites is 1. The minimum Gasteiger partial charge on any atom is -0.493 e. The van der Waals surface area contributed by atoms with Gasteiger partial charge in [-0.25, -0.2) is 4.79 Å². The van der Waals surface area contributed by atoms with E-state index in [2.05, 4.69) is 47.0 Å². The Morgan fingerprint density at radius 3 is 2.34 bits per heavy atom. The van der Waals surface area contributed by atoms with Crippen LogP contribution in [0.4, 0.5) is 0 Å². The highest BCUT2D eigenvalue weighted by molar-refractivity contribution is 5.99. The first-order chi connectivity index (χ1) is 17.3. The van der Waals surface area contributed by atoms with Gasteiger partial charge in [0.05, 0.1) is 13.2 Å². The Bertz CT molecular complexity index is 1450. The van der Waals surface area contributed by atoms with Gasteiger partial charge < -0.3 is 14.0 Å². The molecule has 0 aliphatic carbocycles. The summed E-state index contributed by atoms with van der Waals surface area (Å²) in [5.74, 6) is 0.616. The molecule has 0 spiro atoms. The summed E-state index contributed by atoms with van der Waals surface area (Å²) in [6.07, 6.45) is 1.51. The van der Waals surface area contributed by atoms with Crippen molar-refractivity contribution in [2.75, 3.05) is 13.2 Å². The van der Waals surface area contributed by atoms with Crippen molar-refractivity contribution in [3.8, 4) is 5.75 Å². The number of ether oxygens (including phenoxy) is 2. The SMILES string of the molecule is CCOC(=O)c1c(CCCOc2cccc3ccccc23)c2ccccc2n1Cc1ccccc1. The summed E-state index contributed by atoms with van der Waals surface area (Å²) in [7, 11) is 0. The van der Waals surface area contributed by atoms with Crippen LogP contribution in [0.1, 0.15) is 35.0 Å². The number of aromatic nitrogens is 1. The smallest absolute Gasteiger partial charge is 0.355 e. The Kier molecular flexibility index (Phi) is 6.80. The largest absolute Gasteiger partial charge is 0.493 e. The molecule has 5 rings (SSSR count). The summed E-state index contributed by atoms with van der Waals surface area (Å²) in [4.78, 5) is 13.2. The molecule has 0 N–H and O–H groups in total. The average Bonchev–Trinajstić information content (AvgIpc) is 3.20. The molecular weight excluding hydrogens is 434 g/mol. The molecule has 0 fully saturated rings. The van der Waals surface area contributed by atoms with Crippen molar-refractivity contribution in [2.24, 2.45) is 0 Å². The molecule has 0 aliphatic heterocycles. The standard InChI is InChI=1S/C31H29NO3/c1-2-34-31(33)30-27(18-11-21-35-29-20-10-15-24-14-6-7-16-25(24)29)26-17-8-9-19-28(26)32(30)22-23-12-4-3-5-13-23/h3-10,12-17,19-20H,2,11,18,21-22H2,1H3. The van der Waals surface area contributed by atoms with E-state index in [9.17, 15) is 4.79 Å². The lowest BCUT2D eigenvalue weighted by atomic mass is 10.1. The maximum Gasteiger partial charge on any atom is 0.355 e. The van der Waals surface area contributed by atoms with Gasteiger partial charge in [0, 0.05) is 22.8 Å². The Morgan fingerprint density at radius 2 is 1.51 bits per heavy atom. The number of carbonyl (C=O) groups is 1. The third-order valence-corrected chi connectivity index (χ3v) is 6.31. The van der Waals surface area contributed by atoms with Crippen LogP contribution in [0.25, 0.3) is 21.7 Å². The number of benzene rings is 4. The molecule has 4 nitrogen and oxygen atoms in total. The van der Waals surface area contributed by atoms with Crippen LogP contribution >= 0.6 is 0 Å². The Balaban J connectivity index is 1.43. The van der Waals surface area contributed by atoms with Crippen molar-refractivity contribution in [3.63, 3.8) is 0 Å². The maximum absolute atomic E-state index is 13.2. The number of hydrogen-bond acceptors (Lipinski definition) is 3. The summed E-state index contributed by atoms with van der Waals surface area (Å²) in [5, 5.41) is 3.37. The Hall–Kier alpha value is -4.05. The molecule has 0 unspecified atom stereocenters. The fraction of sp³-hybridized carbons (Fsp3) is 0.194. The van der Waals surface area contributed by atoms with E-state index in [0.29, 0.717) is 25.5 Å². The fourth-order valence-electron chi connectivity index (χ4n) is 4.74. The zero-order valence-electron chi connectivity index (χ0n) is 19.9. The lowest BCUT2D eigenvalue weighted by molar-refractivity contribution is 0.0513. The lowest BCUT2D eigenvalue weighted by Crippen LogP contribution is -2.15. The molecule has 0 atom stereocenters. The van der Waals surface area contributed by atoms with E-state index in [1.807, 2.05) is 61.5 Å². The van der Waals surface area contributed by atoms with Crippen molar-refractivity contribution in [1.29, 1.82) is 0 Å². The zero-order valence-corrected chi connectivity index (χ0v) is 19.9. The van der Waals surface area contributed by atoms with Gasteiger partial charge in [0.25, 0.3) is 0 Å². The second-order valence-corrected chi connectivity index (χ2v) is 8.57. The second kappa shape index (κ2) is 10.5. The number of hydrogen-bond donors (Lipinski definition) is 0. The molecule has 176 valence electrons. The molecule has 0 bridgehead atoms. The van der Waals surface area contributed by atoms with E-state index in [-0.39, 0.29) is 5.97 Å². The molecule has 0 aliphatic rings. The van der Waals surface area contributed by atoms with Crippen LogP contribution in [0.3, 0.4) is 0 Å². The Labute approximate surface area is 205 Å². The van der Waals surface area contributed by atoms with Crippen LogP contribution in [0.2, 0.25) is 0 Å². The van der Waals surface area contributed by atoms with Gasteiger partial charge in [-0.2, -0.15) is 0 Å². The molecule has 1 heterocycles. The number of aryl methyl sites for hydroxylation is 1. The normalized spacial score (nSPS) is 11.1. The van der Waals surface area contributed by atoms with Crippen molar-refractivity contribution >= 4 is 27.6 Å². The third-order valence-electron chi connectivity index (χ3n) is 6.31. The lowest BCUT2D eigenvalue weighted by Gasteiger charge is -2.12. The van der Waals surface area contributed by atoms with Gasteiger partial charge in [-0.05, 0) is 48.4 Å². The van der Waals surface area contributed by atoms with E-state index in [1.165, 1.54) is 5.39 Å². The predicted octanol–water partition coefficient (Wildman–Crippen LogP) is 7.03. The highest BCUT2D eigenvalue weighted by Crippen LogP contribution is 2.30. The van der Waals surface area contributed by atoms with Crippen molar-refractivity contribution in [2.45, 2.75) is 26.3 Å². The number of carbonyl (C=O) groups excluding carboxylic acids is 1. The van der Waals surface area contributed by atoms with Gasteiger partial charge in [0.15, 0.2) is 0 Å². The molecular formula is C31H29NO3. The van der Waals surface area contributed by atoms with Gasteiger partial charge >= 0.3 is 5.97 Å². The van der Waals surface area contributed by atoms with Crippen LogP contribution in [-0.2, 0) is 17.7 Å². The summed E-state index contributed by atoms with van der Waals surface area (Å²) < 4.78 is 13.8. The monoisotopic (exact) mass is 463 g/mol. The maximum atomic E-state index is 13.2. The number of esters is 1. The quantitative estimate of drug-likeness (QED) is 0.174. The first-order valence-corrected chi connectivity index (χ1v) is 12.2. The van der Waals surface area contributed by atoms with Crippen LogP contribution in [0.5, 0.6) is 5.75 Å². The van der Waals surface area contributed by atoms with Gasteiger partial charge in [0.2, 0.25) is 0 Å². The summed E-state index contributed by atoms with van der Waals surface area (Å²) in [6.45, 7) is 3.37. The van der Waals surface area contributed by atoms with E-state index in [4.69, 9.17) is 9.47 Å². The molecule has 5 aromatic rings. The second-order valence-electron chi connectivity index (χ2n) is 8.57. The Morgan fingerprint density at radius 1 is 0.800 bits per heavy atom. The minimum absolute atomic E-state index is 0.274. The number of nitrogens with zero attached hydrogens (tertiary/aromatic N) is 1. The van der Waals surface area contributed by atoms with E-state index in [1.54, 1.807) is 0 Å². The van der Waals surface area contributed by atoms with E-state index >= 15 is 0 Å². The molecule has 0 radical (unpaired) electrons. The molecule has 4 aromatic carbocycles. The van der Waals surface area contributed by atoms with Crippen molar-refractivity contribution in [3.05, 3.63) is 114 Å². The molecule has 0 saturated carbocycles. The highest BCUT2D eigenvalue weighted by Gasteiger charge is 2.23. The molecule has 35 heavy (non-hydrogen) atoms. The summed E-state index contributed by atoms with van der Waals surface area (Å²) in [6, 6.07) is 32.8. The van der Waals surface area contributed by atoms with Gasteiger partial charge in [-0.1, -0.05) is 84.9 Å². The van der Waals surface area contributed by atoms with Crippen molar-refractivity contribution < 1.29 is 14.3 Å². The molecule has 1 aromatic heterocycles. The first kappa shape index (κ1) is 22.7. The summed E-state index contributed by atoms with van der Waals surface area (Å²) in [5.41, 5.74) is 3.85. The van der Waals surface area contributed by atoms with Crippen LogP contribution < -0.4 is 4.74 Å². The number of rotatable bonds is 9. The predicted molar refractivity (Wildman–Crippen MR) is 141 cm³/mol. The first-order valence-electron chi connectivity index (χ1n) is 12.2. The van der Waals surface area contributed by atoms with Gasteiger partial charge in [-0.3, -0.25) is 0 Å². The van der Waals surface area contributed by atoms with Crippen LogP contribution in [0, 0.1) is 0 Å².